The van der Waals surface area contributed by atoms with Crippen molar-refractivity contribution in [1.29, 1.82) is 0 Å². The molecular formula is C42H78O4. The van der Waals surface area contributed by atoms with Crippen LogP contribution in [0.5, 0.6) is 0 Å². The lowest BCUT2D eigenvalue weighted by atomic mass is 10.0. The molecule has 0 heterocycles. The Labute approximate surface area is 287 Å². The largest absolute Gasteiger partial charge is 0.478 e. The van der Waals surface area contributed by atoms with Gasteiger partial charge in [-0.3, -0.25) is 0 Å². The quantitative estimate of drug-likeness (QED) is 0.0333. The van der Waals surface area contributed by atoms with Crippen molar-refractivity contribution in [3.05, 3.63) is 37.0 Å². The van der Waals surface area contributed by atoms with E-state index in [0.29, 0.717) is 6.61 Å². The van der Waals surface area contributed by atoms with E-state index in [2.05, 4.69) is 40.9 Å². The van der Waals surface area contributed by atoms with Crippen molar-refractivity contribution in [3.63, 3.8) is 0 Å². The number of carbonyl (C=O) groups is 2. The fourth-order valence-corrected chi connectivity index (χ4v) is 5.53. The number of carbonyl (C=O) groups excluding carboxylic acids is 1. The van der Waals surface area contributed by atoms with Crippen LogP contribution in [0.25, 0.3) is 0 Å². The molecule has 0 saturated carbocycles. The Bertz CT molecular complexity index is 721. The number of carboxylic acids is 1. The first kappa shape index (κ1) is 46.3. The van der Waals surface area contributed by atoms with E-state index in [-0.39, 0.29) is 11.5 Å². The number of hydrogen-bond donors (Lipinski definition) is 1. The molecule has 0 aromatic rings. The van der Waals surface area contributed by atoms with Crippen LogP contribution in [0.2, 0.25) is 0 Å². The standard InChI is InChI=1S/C21H38O2.C21H40O2/c1-19(2)17-15-13-11-9-7-5-4-6-8-10-12-14-16-18-20(3)21(22)23;1-4-21(22)23-19-17-15-13-11-9-7-5-6-8-10-12-14-16-18-20(2)3/h16,18-19H,3-15,17H2,1-2H3,(H,22,23);4,20H,1,5-19H2,2-3H3. The molecule has 0 saturated heterocycles. The Morgan fingerprint density at radius 2 is 0.891 bits per heavy atom. The summed E-state index contributed by atoms with van der Waals surface area (Å²) >= 11 is 0. The molecule has 1 N–H and O–H groups in total. The average Bonchev–Trinajstić information content (AvgIpc) is 3.02. The van der Waals surface area contributed by atoms with Crippen LogP contribution >= 0.6 is 0 Å². The highest BCUT2D eigenvalue weighted by Crippen LogP contribution is 2.16. The topological polar surface area (TPSA) is 63.6 Å². The Morgan fingerprint density at radius 1 is 0.565 bits per heavy atom. The van der Waals surface area contributed by atoms with Gasteiger partial charge in [0.15, 0.2) is 0 Å². The van der Waals surface area contributed by atoms with Crippen molar-refractivity contribution in [3.8, 4) is 0 Å². The summed E-state index contributed by atoms with van der Waals surface area (Å²) in [7, 11) is 0. The summed E-state index contributed by atoms with van der Waals surface area (Å²) < 4.78 is 4.95. The third-order valence-electron chi connectivity index (χ3n) is 8.58. The first-order valence-electron chi connectivity index (χ1n) is 19.6. The summed E-state index contributed by atoms with van der Waals surface area (Å²) in [5.74, 6) is 0.504. The fraction of sp³-hybridized carbons (Fsp3) is 0.810. The predicted octanol–water partition coefficient (Wildman–Crippen LogP) is 13.7. The molecule has 0 fully saturated rings. The zero-order valence-corrected chi connectivity index (χ0v) is 31.3. The lowest BCUT2D eigenvalue weighted by molar-refractivity contribution is -0.138. The Morgan fingerprint density at radius 3 is 1.22 bits per heavy atom. The molecule has 0 aliphatic heterocycles. The zero-order valence-electron chi connectivity index (χ0n) is 31.3. The van der Waals surface area contributed by atoms with Gasteiger partial charge in [-0.1, -0.05) is 207 Å². The molecule has 0 aliphatic rings. The molecule has 0 amide bonds. The van der Waals surface area contributed by atoms with Gasteiger partial charge in [0.1, 0.15) is 0 Å². The van der Waals surface area contributed by atoms with Gasteiger partial charge in [0.2, 0.25) is 0 Å². The summed E-state index contributed by atoms with van der Waals surface area (Å²) in [4.78, 5) is 21.4. The summed E-state index contributed by atoms with van der Waals surface area (Å²) in [5, 5.41) is 8.66. The number of carboxylic acid groups (broad SMARTS) is 1. The van der Waals surface area contributed by atoms with Gasteiger partial charge in [0.25, 0.3) is 0 Å². The second-order valence-electron chi connectivity index (χ2n) is 14.2. The number of ether oxygens (including phenoxy) is 1. The minimum absolute atomic E-state index is 0.175. The first-order chi connectivity index (χ1) is 22.2. The van der Waals surface area contributed by atoms with E-state index in [1.165, 1.54) is 160 Å². The average molecular weight is 647 g/mol. The number of hydrogen-bond acceptors (Lipinski definition) is 3. The highest BCUT2D eigenvalue weighted by Gasteiger charge is 1.99. The monoisotopic (exact) mass is 647 g/mol. The fourth-order valence-electron chi connectivity index (χ4n) is 5.53. The van der Waals surface area contributed by atoms with E-state index < -0.39 is 5.97 Å². The smallest absolute Gasteiger partial charge is 0.335 e. The van der Waals surface area contributed by atoms with E-state index in [4.69, 9.17) is 9.84 Å². The number of unbranched alkanes of at least 4 members (excludes halogenated alkanes) is 23. The van der Waals surface area contributed by atoms with Crippen molar-refractivity contribution >= 4 is 11.9 Å². The van der Waals surface area contributed by atoms with E-state index in [0.717, 1.165) is 31.1 Å². The summed E-state index contributed by atoms with van der Waals surface area (Å²) in [6.45, 7) is 16.7. The van der Waals surface area contributed by atoms with Gasteiger partial charge in [-0.15, -0.1) is 0 Å². The van der Waals surface area contributed by atoms with E-state index in [9.17, 15) is 9.59 Å². The predicted molar refractivity (Wildman–Crippen MR) is 201 cm³/mol. The second kappa shape index (κ2) is 37.6. The lowest BCUT2D eigenvalue weighted by Crippen LogP contribution is -2.01. The SMILES string of the molecule is C=C(C=CCCCCCCCCCCCCCC(C)C)C(=O)O.C=CC(=O)OCCCCCCCCCCCCCCCC(C)C. The maximum absolute atomic E-state index is 10.8. The number of esters is 1. The van der Waals surface area contributed by atoms with Crippen LogP contribution in [0.4, 0.5) is 0 Å². The van der Waals surface area contributed by atoms with Crippen molar-refractivity contribution in [1.82, 2.24) is 0 Å². The van der Waals surface area contributed by atoms with Crippen molar-refractivity contribution in [2.45, 2.75) is 201 Å². The molecule has 0 atom stereocenters. The van der Waals surface area contributed by atoms with Crippen LogP contribution in [0.15, 0.2) is 37.0 Å². The maximum atomic E-state index is 10.8. The Kier molecular flexibility index (Phi) is 37.8. The number of aliphatic carboxylic acids is 1. The van der Waals surface area contributed by atoms with E-state index in [1.54, 1.807) is 6.08 Å². The summed E-state index contributed by atoms with van der Waals surface area (Å²) in [5.41, 5.74) is 0.175. The summed E-state index contributed by atoms with van der Waals surface area (Å²) in [6, 6.07) is 0. The zero-order chi connectivity index (χ0) is 34.5. The molecule has 0 unspecified atom stereocenters. The van der Waals surface area contributed by atoms with Crippen LogP contribution in [0.3, 0.4) is 0 Å². The minimum atomic E-state index is -0.929. The van der Waals surface area contributed by atoms with Crippen LogP contribution < -0.4 is 0 Å². The molecule has 0 radical (unpaired) electrons. The van der Waals surface area contributed by atoms with Crippen LogP contribution in [0.1, 0.15) is 201 Å². The van der Waals surface area contributed by atoms with Gasteiger partial charge < -0.3 is 9.84 Å². The molecule has 0 rings (SSSR count). The van der Waals surface area contributed by atoms with E-state index >= 15 is 0 Å². The second-order valence-corrected chi connectivity index (χ2v) is 14.2. The number of rotatable bonds is 33. The molecule has 4 heteroatoms. The molecule has 0 aromatic heterocycles. The maximum Gasteiger partial charge on any atom is 0.335 e. The van der Waals surface area contributed by atoms with Gasteiger partial charge >= 0.3 is 11.9 Å². The molecule has 270 valence electrons. The van der Waals surface area contributed by atoms with Gasteiger partial charge in [-0.05, 0) is 31.1 Å². The first-order valence-corrected chi connectivity index (χ1v) is 19.6. The van der Waals surface area contributed by atoms with Crippen molar-refractivity contribution in [2.75, 3.05) is 6.61 Å². The van der Waals surface area contributed by atoms with Crippen molar-refractivity contribution in [2.24, 2.45) is 11.8 Å². The molecular weight excluding hydrogens is 568 g/mol. The highest BCUT2D eigenvalue weighted by atomic mass is 16.5. The van der Waals surface area contributed by atoms with Crippen LogP contribution in [-0.2, 0) is 14.3 Å². The Balaban J connectivity index is 0. The van der Waals surface area contributed by atoms with E-state index in [1.807, 2.05) is 6.08 Å². The molecule has 4 nitrogen and oxygen atoms in total. The molecule has 0 aromatic carbocycles. The minimum Gasteiger partial charge on any atom is -0.478 e. The van der Waals surface area contributed by atoms with Gasteiger partial charge in [-0.25, -0.2) is 9.59 Å². The normalized spacial score (nSPS) is 11.2. The third kappa shape index (κ3) is 42.2. The lowest BCUT2D eigenvalue weighted by Gasteiger charge is -2.05. The highest BCUT2D eigenvalue weighted by molar-refractivity contribution is 5.88. The molecule has 0 aliphatic carbocycles. The van der Waals surface area contributed by atoms with Crippen LogP contribution in [-0.4, -0.2) is 23.7 Å². The molecule has 0 spiro atoms. The van der Waals surface area contributed by atoms with Crippen molar-refractivity contribution < 1.29 is 19.4 Å². The molecule has 0 bridgehead atoms. The Hall–Kier alpha value is -1.84. The third-order valence-corrected chi connectivity index (χ3v) is 8.58. The summed E-state index contributed by atoms with van der Waals surface area (Å²) in [6.07, 6.45) is 40.9. The van der Waals surface area contributed by atoms with Gasteiger partial charge in [0, 0.05) is 6.08 Å². The van der Waals surface area contributed by atoms with Crippen LogP contribution in [0, 0.1) is 11.8 Å². The molecule has 46 heavy (non-hydrogen) atoms. The van der Waals surface area contributed by atoms with Gasteiger partial charge in [-0.2, -0.15) is 0 Å². The van der Waals surface area contributed by atoms with Gasteiger partial charge in [0.05, 0.1) is 12.2 Å². The number of allylic oxidation sites excluding steroid dienone is 1.